The summed E-state index contributed by atoms with van der Waals surface area (Å²) in [7, 11) is 0. The van der Waals surface area contributed by atoms with Crippen molar-refractivity contribution in [1.82, 2.24) is 5.32 Å². The van der Waals surface area contributed by atoms with E-state index in [-0.39, 0.29) is 12.1 Å². The van der Waals surface area contributed by atoms with E-state index < -0.39 is 0 Å². The molecule has 0 atom stereocenters. The van der Waals surface area contributed by atoms with Gasteiger partial charge < -0.3 is 15.4 Å². The molecule has 5 heteroatoms. The van der Waals surface area contributed by atoms with Crippen LogP contribution in [-0.2, 0) is 4.74 Å². The van der Waals surface area contributed by atoms with Gasteiger partial charge in [0.2, 0.25) is 0 Å². The van der Waals surface area contributed by atoms with Crippen LogP contribution in [0, 0.1) is 0 Å². The van der Waals surface area contributed by atoms with Crippen LogP contribution in [0.1, 0.15) is 37.6 Å². The van der Waals surface area contributed by atoms with Crippen LogP contribution in [0.15, 0.2) is 24.3 Å². The summed E-state index contributed by atoms with van der Waals surface area (Å²) in [5.74, 6) is -0.312. The van der Waals surface area contributed by atoms with E-state index in [1.54, 1.807) is 24.3 Å². The Hall–Kier alpha value is -1.62. The summed E-state index contributed by atoms with van der Waals surface area (Å²) < 4.78 is 5.11. The zero-order valence-corrected chi connectivity index (χ0v) is 12.3. The van der Waals surface area contributed by atoms with Crippen molar-refractivity contribution in [2.75, 3.05) is 11.9 Å². The van der Waals surface area contributed by atoms with Gasteiger partial charge >= 0.3 is 5.97 Å². The molecule has 0 saturated carbocycles. The molecule has 0 unspecified atom stereocenters. The maximum Gasteiger partial charge on any atom is 0.338 e. The molecule has 0 aliphatic heterocycles. The number of carbonyl (C=O) groups is 1. The van der Waals surface area contributed by atoms with E-state index in [0.29, 0.717) is 10.7 Å². The number of carbonyl (C=O) groups excluding carboxylic acids is 1. The fraction of sp³-hybridized carbons (Fsp3) is 0.429. The molecule has 1 rings (SSSR count). The molecule has 104 valence electrons. The van der Waals surface area contributed by atoms with Crippen LogP contribution < -0.4 is 10.6 Å². The molecule has 0 aromatic heterocycles. The molecular formula is C14H20N2O2S. The van der Waals surface area contributed by atoms with Crippen LogP contribution in [0.5, 0.6) is 0 Å². The lowest BCUT2D eigenvalue weighted by Gasteiger charge is -2.11. The predicted octanol–water partition coefficient (Wildman–Crippen LogP) is 2.95. The molecule has 0 saturated heterocycles. The zero-order chi connectivity index (χ0) is 14.3. The molecule has 0 aliphatic carbocycles. The number of nitrogens with one attached hydrogen (secondary N) is 2. The van der Waals surface area contributed by atoms with E-state index >= 15 is 0 Å². The molecule has 0 radical (unpaired) electrons. The maximum absolute atomic E-state index is 11.6. The Morgan fingerprint density at radius 2 is 1.95 bits per heavy atom. The summed E-state index contributed by atoms with van der Waals surface area (Å²) in [6.45, 7) is 6.56. The zero-order valence-electron chi connectivity index (χ0n) is 11.5. The number of hydrogen-bond acceptors (Lipinski definition) is 3. The summed E-state index contributed by atoms with van der Waals surface area (Å²) in [5, 5.41) is 6.71. The first-order chi connectivity index (χ1) is 9.02. The Kier molecular flexibility index (Phi) is 6.29. The second-order valence-electron chi connectivity index (χ2n) is 4.41. The average molecular weight is 280 g/mol. The first kappa shape index (κ1) is 15.4. The number of benzene rings is 1. The predicted molar refractivity (Wildman–Crippen MR) is 81.5 cm³/mol. The van der Waals surface area contributed by atoms with Gasteiger partial charge in [-0.1, -0.05) is 6.92 Å². The lowest BCUT2D eigenvalue weighted by Crippen LogP contribution is -2.28. The second-order valence-corrected chi connectivity index (χ2v) is 4.82. The summed E-state index contributed by atoms with van der Waals surface area (Å²) in [5.41, 5.74) is 1.38. The summed E-state index contributed by atoms with van der Waals surface area (Å²) in [4.78, 5) is 11.6. The molecule has 4 nitrogen and oxygen atoms in total. The molecular weight excluding hydrogens is 260 g/mol. The minimum atomic E-state index is -0.312. The summed E-state index contributed by atoms with van der Waals surface area (Å²) >= 11 is 5.13. The van der Waals surface area contributed by atoms with E-state index in [1.165, 1.54) is 0 Å². The van der Waals surface area contributed by atoms with Gasteiger partial charge in [-0.25, -0.2) is 4.79 Å². The van der Waals surface area contributed by atoms with Gasteiger partial charge in [0.1, 0.15) is 0 Å². The minimum absolute atomic E-state index is 0.115. The Balaban J connectivity index is 2.56. The van der Waals surface area contributed by atoms with Gasteiger partial charge in [0.25, 0.3) is 0 Å². The molecule has 0 amide bonds. The molecule has 0 heterocycles. The molecule has 2 N–H and O–H groups in total. The highest BCUT2D eigenvalue weighted by molar-refractivity contribution is 7.80. The topological polar surface area (TPSA) is 50.4 Å². The fourth-order valence-electron chi connectivity index (χ4n) is 1.39. The lowest BCUT2D eigenvalue weighted by atomic mass is 10.2. The van der Waals surface area contributed by atoms with Gasteiger partial charge in [0.15, 0.2) is 5.11 Å². The number of esters is 1. The van der Waals surface area contributed by atoms with Crippen LogP contribution in [-0.4, -0.2) is 23.7 Å². The Morgan fingerprint density at radius 3 is 2.47 bits per heavy atom. The van der Waals surface area contributed by atoms with Crippen molar-refractivity contribution in [3.8, 4) is 0 Å². The van der Waals surface area contributed by atoms with Crippen molar-refractivity contribution in [1.29, 1.82) is 0 Å². The Morgan fingerprint density at radius 1 is 1.32 bits per heavy atom. The van der Waals surface area contributed by atoms with Gasteiger partial charge in [0.05, 0.1) is 11.7 Å². The molecule has 0 bridgehead atoms. The van der Waals surface area contributed by atoms with E-state index in [9.17, 15) is 4.79 Å². The molecule has 0 fully saturated rings. The maximum atomic E-state index is 11.6. The minimum Gasteiger partial charge on any atom is -0.459 e. The van der Waals surface area contributed by atoms with Crippen LogP contribution in [0.4, 0.5) is 5.69 Å². The molecule has 1 aromatic carbocycles. The fourth-order valence-corrected chi connectivity index (χ4v) is 1.61. The van der Waals surface area contributed by atoms with E-state index in [1.807, 2.05) is 13.8 Å². The van der Waals surface area contributed by atoms with E-state index in [4.69, 9.17) is 17.0 Å². The standard InChI is InChI=1S/C14H20N2O2S/c1-4-9-15-14(19)16-12-7-5-11(6-8-12)13(17)18-10(2)3/h5-8,10H,4,9H2,1-3H3,(H2,15,16,19). The van der Waals surface area contributed by atoms with Crippen molar-refractivity contribution in [2.45, 2.75) is 33.3 Å². The molecule has 1 aromatic rings. The number of thiocarbonyl (C=S) groups is 1. The summed E-state index contributed by atoms with van der Waals surface area (Å²) in [6, 6.07) is 7.04. The first-order valence-corrected chi connectivity index (χ1v) is 6.79. The van der Waals surface area contributed by atoms with Crippen molar-refractivity contribution in [3.05, 3.63) is 29.8 Å². The smallest absolute Gasteiger partial charge is 0.338 e. The van der Waals surface area contributed by atoms with Crippen molar-refractivity contribution in [3.63, 3.8) is 0 Å². The van der Waals surface area contributed by atoms with Crippen LogP contribution in [0.25, 0.3) is 0 Å². The highest BCUT2D eigenvalue weighted by Crippen LogP contribution is 2.11. The normalized spacial score (nSPS) is 10.1. The van der Waals surface area contributed by atoms with Crippen LogP contribution in [0.3, 0.4) is 0 Å². The van der Waals surface area contributed by atoms with Gasteiger partial charge in [-0.15, -0.1) is 0 Å². The highest BCUT2D eigenvalue weighted by Gasteiger charge is 2.08. The molecule has 0 aliphatic rings. The quantitative estimate of drug-likeness (QED) is 0.641. The SMILES string of the molecule is CCCNC(=S)Nc1ccc(C(=O)OC(C)C)cc1. The van der Waals surface area contributed by atoms with E-state index in [0.717, 1.165) is 18.7 Å². The van der Waals surface area contributed by atoms with Gasteiger partial charge in [-0.05, 0) is 56.8 Å². The van der Waals surface area contributed by atoms with Gasteiger partial charge in [0, 0.05) is 12.2 Å². The largest absolute Gasteiger partial charge is 0.459 e. The van der Waals surface area contributed by atoms with Crippen LogP contribution >= 0.6 is 12.2 Å². The Bertz CT molecular complexity index is 430. The number of hydrogen-bond donors (Lipinski definition) is 2. The monoisotopic (exact) mass is 280 g/mol. The second kappa shape index (κ2) is 7.74. The van der Waals surface area contributed by atoms with Gasteiger partial charge in [-0.3, -0.25) is 0 Å². The third-order valence-electron chi connectivity index (χ3n) is 2.26. The number of rotatable bonds is 5. The Labute approximate surface area is 119 Å². The third kappa shape index (κ3) is 5.70. The summed E-state index contributed by atoms with van der Waals surface area (Å²) in [6.07, 6.45) is 0.901. The van der Waals surface area contributed by atoms with Gasteiger partial charge in [-0.2, -0.15) is 0 Å². The van der Waals surface area contributed by atoms with Crippen molar-refractivity contribution in [2.24, 2.45) is 0 Å². The number of ether oxygens (including phenoxy) is 1. The van der Waals surface area contributed by atoms with Crippen molar-refractivity contribution >= 4 is 29.0 Å². The third-order valence-corrected chi connectivity index (χ3v) is 2.50. The molecule has 19 heavy (non-hydrogen) atoms. The van der Waals surface area contributed by atoms with Crippen LogP contribution in [0.2, 0.25) is 0 Å². The van der Waals surface area contributed by atoms with E-state index in [2.05, 4.69) is 17.6 Å². The first-order valence-electron chi connectivity index (χ1n) is 6.38. The lowest BCUT2D eigenvalue weighted by molar-refractivity contribution is 0.0378. The average Bonchev–Trinajstić information content (AvgIpc) is 2.36. The van der Waals surface area contributed by atoms with Crippen molar-refractivity contribution < 1.29 is 9.53 Å². The molecule has 0 spiro atoms. The highest BCUT2D eigenvalue weighted by atomic mass is 32.1. The number of anilines is 1.